The second-order valence-electron chi connectivity index (χ2n) is 9.69. The second-order valence-corrected chi connectivity index (χ2v) is 9.69. The van der Waals surface area contributed by atoms with E-state index in [1.54, 1.807) is 0 Å². The van der Waals surface area contributed by atoms with Crippen LogP contribution in [0.4, 0.5) is 11.4 Å². The maximum Gasteiger partial charge on any atom is 0.116 e. The molecule has 1 heterocycles. The third-order valence-corrected chi connectivity index (χ3v) is 7.40. The predicted octanol–water partition coefficient (Wildman–Crippen LogP) is 5.87. The lowest BCUT2D eigenvalue weighted by molar-refractivity contribution is 0.209. The smallest absolute Gasteiger partial charge is 0.116 e. The molecule has 4 nitrogen and oxygen atoms in total. The van der Waals surface area contributed by atoms with E-state index in [2.05, 4.69) is 83.6 Å². The highest BCUT2D eigenvalue weighted by Crippen LogP contribution is 2.42. The Hall–Kier alpha value is -3.24. The highest BCUT2D eigenvalue weighted by molar-refractivity contribution is 6.01. The summed E-state index contributed by atoms with van der Waals surface area (Å²) >= 11 is 0. The Kier molecular flexibility index (Phi) is 6.34. The Morgan fingerprint density at radius 2 is 1.47 bits per heavy atom. The second kappa shape index (κ2) is 9.55. The van der Waals surface area contributed by atoms with Crippen molar-refractivity contribution in [3.05, 3.63) is 89.0 Å². The van der Waals surface area contributed by atoms with Crippen molar-refractivity contribution in [3.63, 3.8) is 0 Å². The summed E-state index contributed by atoms with van der Waals surface area (Å²) in [5.41, 5.74) is 9.90. The molecule has 34 heavy (non-hydrogen) atoms. The predicted molar refractivity (Wildman–Crippen MR) is 144 cm³/mol. The molecule has 1 aliphatic heterocycles. The molecular weight excluding hydrogens is 418 g/mol. The van der Waals surface area contributed by atoms with E-state index in [1.165, 1.54) is 33.5 Å². The van der Waals surface area contributed by atoms with Gasteiger partial charge >= 0.3 is 0 Å². The van der Waals surface area contributed by atoms with Crippen LogP contribution in [0.2, 0.25) is 0 Å². The SMILES string of the molecule is CNc1ccc(C2=C(c3ccc(N4CCN(C(C)C)CC4)cc3)c3cc(O)ccc3CC2)cc1. The molecule has 1 aliphatic carbocycles. The molecule has 0 bridgehead atoms. The number of allylic oxidation sites excluding steroid dienone is 1. The molecule has 3 aromatic rings. The fourth-order valence-corrected chi connectivity index (χ4v) is 5.35. The molecule has 0 unspecified atom stereocenters. The van der Waals surface area contributed by atoms with Crippen molar-refractivity contribution in [2.24, 2.45) is 0 Å². The first kappa shape index (κ1) is 22.5. The van der Waals surface area contributed by atoms with E-state index < -0.39 is 0 Å². The van der Waals surface area contributed by atoms with Crippen LogP contribution in [-0.2, 0) is 6.42 Å². The first-order chi connectivity index (χ1) is 16.5. The van der Waals surface area contributed by atoms with E-state index in [0.717, 1.165) is 50.3 Å². The van der Waals surface area contributed by atoms with Crippen molar-refractivity contribution < 1.29 is 5.11 Å². The van der Waals surface area contributed by atoms with Gasteiger partial charge in [0.1, 0.15) is 5.75 Å². The molecule has 1 saturated heterocycles. The Morgan fingerprint density at radius 1 is 0.794 bits per heavy atom. The van der Waals surface area contributed by atoms with Gasteiger partial charge in [-0.05, 0) is 96.5 Å². The molecule has 0 atom stereocenters. The van der Waals surface area contributed by atoms with Crippen LogP contribution in [-0.4, -0.2) is 49.3 Å². The molecule has 5 rings (SSSR count). The largest absolute Gasteiger partial charge is 0.508 e. The highest BCUT2D eigenvalue weighted by Gasteiger charge is 2.23. The topological polar surface area (TPSA) is 38.7 Å². The molecular formula is C30H35N3O. The number of phenolic OH excluding ortho intramolecular Hbond substituents is 1. The van der Waals surface area contributed by atoms with Crippen molar-refractivity contribution in [1.82, 2.24) is 4.90 Å². The van der Waals surface area contributed by atoms with Crippen molar-refractivity contribution >= 4 is 22.5 Å². The Labute approximate surface area is 203 Å². The maximum absolute atomic E-state index is 10.3. The summed E-state index contributed by atoms with van der Waals surface area (Å²) in [4.78, 5) is 5.04. The zero-order valence-electron chi connectivity index (χ0n) is 20.5. The number of hydrogen-bond donors (Lipinski definition) is 2. The summed E-state index contributed by atoms with van der Waals surface area (Å²) in [5.74, 6) is 0.322. The van der Waals surface area contributed by atoms with E-state index in [9.17, 15) is 5.11 Å². The summed E-state index contributed by atoms with van der Waals surface area (Å²) in [6.45, 7) is 8.93. The maximum atomic E-state index is 10.3. The van der Waals surface area contributed by atoms with E-state index in [-0.39, 0.29) is 0 Å². The summed E-state index contributed by atoms with van der Waals surface area (Å²) in [6, 6.07) is 24.2. The fraction of sp³-hybridized carbons (Fsp3) is 0.333. The molecule has 0 radical (unpaired) electrons. The number of rotatable bonds is 5. The van der Waals surface area contributed by atoms with Crippen LogP contribution in [0.25, 0.3) is 11.1 Å². The van der Waals surface area contributed by atoms with Gasteiger partial charge in [0.15, 0.2) is 0 Å². The van der Waals surface area contributed by atoms with Crippen LogP contribution < -0.4 is 10.2 Å². The van der Waals surface area contributed by atoms with Crippen molar-refractivity contribution in [2.45, 2.75) is 32.7 Å². The molecule has 0 aromatic heterocycles. The van der Waals surface area contributed by atoms with Gasteiger partial charge in [0.2, 0.25) is 0 Å². The van der Waals surface area contributed by atoms with Gasteiger partial charge in [0, 0.05) is 50.6 Å². The van der Waals surface area contributed by atoms with Gasteiger partial charge in [0.05, 0.1) is 0 Å². The minimum atomic E-state index is 0.322. The number of benzene rings is 3. The Morgan fingerprint density at radius 3 is 2.12 bits per heavy atom. The third kappa shape index (κ3) is 4.43. The number of aryl methyl sites for hydroxylation is 1. The molecule has 176 valence electrons. The van der Waals surface area contributed by atoms with Gasteiger partial charge in [-0.3, -0.25) is 4.90 Å². The molecule has 1 fully saturated rings. The molecule has 4 heteroatoms. The lowest BCUT2D eigenvalue weighted by atomic mass is 9.79. The summed E-state index contributed by atoms with van der Waals surface area (Å²) in [6.07, 6.45) is 1.98. The number of aromatic hydroxyl groups is 1. The molecule has 3 aromatic carbocycles. The van der Waals surface area contributed by atoms with Crippen LogP contribution in [0.3, 0.4) is 0 Å². The quantitative estimate of drug-likeness (QED) is 0.507. The number of phenols is 1. The molecule has 2 N–H and O–H groups in total. The van der Waals surface area contributed by atoms with Gasteiger partial charge in [-0.15, -0.1) is 0 Å². The van der Waals surface area contributed by atoms with Gasteiger partial charge < -0.3 is 15.3 Å². The Bertz CT molecular complexity index is 1170. The van der Waals surface area contributed by atoms with Crippen molar-refractivity contribution in [2.75, 3.05) is 43.4 Å². The monoisotopic (exact) mass is 453 g/mol. The number of hydrogen-bond acceptors (Lipinski definition) is 4. The lowest BCUT2D eigenvalue weighted by Crippen LogP contribution is -2.48. The first-order valence-corrected chi connectivity index (χ1v) is 12.5. The van der Waals surface area contributed by atoms with Gasteiger partial charge in [-0.25, -0.2) is 0 Å². The van der Waals surface area contributed by atoms with Crippen molar-refractivity contribution in [3.8, 4) is 5.75 Å². The molecule has 0 saturated carbocycles. The van der Waals surface area contributed by atoms with E-state index in [4.69, 9.17) is 0 Å². The zero-order valence-corrected chi connectivity index (χ0v) is 20.5. The minimum absolute atomic E-state index is 0.322. The molecule has 2 aliphatic rings. The number of fused-ring (bicyclic) bond motifs is 1. The van der Waals surface area contributed by atoms with E-state index in [0.29, 0.717) is 11.8 Å². The van der Waals surface area contributed by atoms with Gasteiger partial charge in [-0.1, -0.05) is 30.3 Å². The number of piperazine rings is 1. The zero-order chi connectivity index (χ0) is 23.7. The highest BCUT2D eigenvalue weighted by atomic mass is 16.3. The average molecular weight is 454 g/mol. The summed E-state index contributed by atoms with van der Waals surface area (Å²) in [5, 5.41) is 13.5. The van der Waals surface area contributed by atoms with Crippen LogP contribution in [0.5, 0.6) is 5.75 Å². The van der Waals surface area contributed by atoms with Crippen LogP contribution in [0.1, 0.15) is 42.5 Å². The van der Waals surface area contributed by atoms with Crippen LogP contribution in [0, 0.1) is 0 Å². The molecule has 0 amide bonds. The summed E-state index contributed by atoms with van der Waals surface area (Å²) < 4.78 is 0. The number of anilines is 2. The standard InChI is InChI=1S/C30H35N3O/c1-21(2)32-16-18-33(19-17-32)26-12-6-24(7-13-26)30-28(22-4-10-25(31-3)11-5-22)15-9-23-8-14-27(34)20-29(23)30/h4-8,10-14,20-21,31,34H,9,15-19H2,1-3H3. The lowest BCUT2D eigenvalue weighted by Gasteiger charge is -2.38. The Balaban J connectivity index is 1.52. The average Bonchev–Trinajstić information content (AvgIpc) is 2.88. The van der Waals surface area contributed by atoms with Crippen LogP contribution in [0.15, 0.2) is 66.7 Å². The molecule has 0 spiro atoms. The minimum Gasteiger partial charge on any atom is -0.508 e. The van der Waals surface area contributed by atoms with Crippen molar-refractivity contribution in [1.29, 1.82) is 0 Å². The number of nitrogens with zero attached hydrogens (tertiary/aromatic N) is 2. The number of nitrogens with one attached hydrogen (secondary N) is 1. The normalized spacial score (nSPS) is 16.6. The van der Waals surface area contributed by atoms with Gasteiger partial charge in [0.25, 0.3) is 0 Å². The van der Waals surface area contributed by atoms with E-state index in [1.807, 2.05) is 19.2 Å². The first-order valence-electron chi connectivity index (χ1n) is 12.5. The van der Waals surface area contributed by atoms with Gasteiger partial charge in [-0.2, -0.15) is 0 Å². The fourth-order valence-electron chi connectivity index (χ4n) is 5.35. The van der Waals surface area contributed by atoms with Crippen LogP contribution >= 0.6 is 0 Å². The van der Waals surface area contributed by atoms with E-state index >= 15 is 0 Å². The third-order valence-electron chi connectivity index (χ3n) is 7.40. The summed E-state index contributed by atoms with van der Waals surface area (Å²) in [7, 11) is 1.95.